The van der Waals surface area contributed by atoms with Crippen LogP contribution in [-0.4, -0.2) is 74.8 Å². The van der Waals surface area contributed by atoms with E-state index in [1.54, 1.807) is 33.2 Å². The Hall–Kier alpha value is -3.20. The normalized spacial score (nSPS) is 14.3. The van der Waals surface area contributed by atoms with E-state index in [1.165, 1.54) is 12.3 Å². The second kappa shape index (κ2) is 10.2. The van der Waals surface area contributed by atoms with Gasteiger partial charge in [0.05, 0.1) is 21.3 Å². The highest BCUT2D eigenvalue weighted by Crippen LogP contribution is 2.40. The van der Waals surface area contributed by atoms with Gasteiger partial charge in [-0.2, -0.15) is 0 Å². The maximum atomic E-state index is 12.5. The number of carbonyl (C=O) groups excluding carboxylic acids is 1. The third-order valence-corrected chi connectivity index (χ3v) is 5.28. The number of hydrogen-bond acceptors (Lipinski definition) is 7. The third kappa shape index (κ3) is 5.29. The molecule has 1 aliphatic rings. The largest absolute Gasteiger partial charge is 0.493 e. The van der Waals surface area contributed by atoms with Crippen LogP contribution in [0.4, 0.5) is 0 Å². The van der Waals surface area contributed by atoms with Crippen LogP contribution < -0.4 is 24.4 Å². The van der Waals surface area contributed by atoms with E-state index in [0.29, 0.717) is 50.0 Å². The Bertz CT molecular complexity index is 966. The van der Waals surface area contributed by atoms with E-state index in [0.717, 1.165) is 11.3 Å². The average Bonchev–Trinajstić information content (AvgIpc) is 2.78. The molecule has 0 aliphatic carbocycles. The molecule has 1 aliphatic heterocycles. The van der Waals surface area contributed by atoms with Gasteiger partial charge in [-0.3, -0.25) is 14.5 Å². The molecule has 0 atom stereocenters. The first kappa shape index (κ1) is 22.5. The van der Waals surface area contributed by atoms with Crippen LogP contribution in [0.2, 0.25) is 0 Å². The molecule has 9 nitrogen and oxygen atoms in total. The Morgan fingerprint density at radius 2 is 1.71 bits per heavy atom. The van der Waals surface area contributed by atoms with Crippen LogP contribution in [0.1, 0.15) is 11.3 Å². The topological polar surface area (TPSA) is 93.3 Å². The van der Waals surface area contributed by atoms with Gasteiger partial charge in [0.15, 0.2) is 23.9 Å². The lowest BCUT2D eigenvalue weighted by Crippen LogP contribution is -2.49. The number of carbonyl (C=O) groups is 1. The van der Waals surface area contributed by atoms with Crippen molar-refractivity contribution in [1.82, 2.24) is 14.8 Å². The number of nitrogens with zero attached hydrogens (tertiary/aromatic N) is 2. The molecule has 168 valence electrons. The zero-order valence-electron chi connectivity index (χ0n) is 18.4. The Morgan fingerprint density at radius 3 is 2.32 bits per heavy atom. The van der Waals surface area contributed by atoms with Crippen molar-refractivity contribution in [2.75, 3.05) is 54.1 Å². The Balaban J connectivity index is 1.55. The second-order valence-corrected chi connectivity index (χ2v) is 7.28. The number of methoxy groups -OCH3 is 3. The minimum atomic E-state index is -0.238. The number of ether oxygens (including phenoxy) is 4. The predicted molar refractivity (Wildman–Crippen MR) is 115 cm³/mol. The van der Waals surface area contributed by atoms with Crippen LogP contribution in [0.3, 0.4) is 0 Å². The van der Waals surface area contributed by atoms with E-state index in [-0.39, 0.29) is 23.7 Å². The molecule has 0 radical (unpaired) electrons. The number of H-pyrrole nitrogens is 1. The maximum absolute atomic E-state index is 12.5. The van der Waals surface area contributed by atoms with Crippen molar-refractivity contribution in [1.29, 1.82) is 0 Å². The number of aryl methyl sites for hydroxylation is 1. The van der Waals surface area contributed by atoms with Crippen molar-refractivity contribution < 1.29 is 23.7 Å². The zero-order valence-corrected chi connectivity index (χ0v) is 18.4. The molecule has 1 saturated heterocycles. The Kier molecular flexibility index (Phi) is 7.41. The first-order chi connectivity index (χ1) is 15.0. The highest BCUT2D eigenvalue weighted by Gasteiger charge is 2.24. The molecule has 1 amide bonds. The van der Waals surface area contributed by atoms with Crippen LogP contribution in [0.5, 0.6) is 23.0 Å². The predicted octanol–water partition coefficient (Wildman–Crippen LogP) is 1.43. The van der Waals surface area contributed by atoms with E-state index in [2.05, 4.69) is 9.88 Å². The number of aromatic amines is 1. The summed E-state index contributed by atoms with van der Waals surface area (Å²) in [5, 5.41) is 0. The third-order valence-electron chi connectivity index (χ3n) is 5.28. The molecular weight excluding hydrogens is 402 g/mol. The van der Waals surface area contributed by atoms with Crippen LogP contribution in [-0.2, 0) is 11.3 Å². The molecule has 0 bridgehead atoms. The van der Waals surface area contributed by atoms with Crippen LogP contribution in [0, 0.1) is 6.92 Å². The summed E-state index contributed by atoms with van der Waals surface area (Å²) in [5.74, 6) is 1.85. The number of hydrogen-bond donors (Lipinski definition) is 1. The van der Waals surface area contributed by atoms with Gasteiger partial charge in [-0.25, -0.2) is 0 Å². The molecule has 1 aromatic heterocycles. The van der Waals surface area contributed by atoms with Gasteiger partial charge in [0.25, 0.3) is 5.91 Å². The van der Waals surface area contributed by atoms with E-state index < -0.39 is 0 Å². The quantitative estimate of drug-likeness (QED) is 0.676. The van der Waals surface area contributed by atoms with Gasteiger partial charge in [0.1, 0.15) is 0 Å². The summed E-state index contributed by atoms with van der Waals surface area (Å²) in [6.07, 6.45) is 1.49. The number of benzene rings is 1. The fourth-order valence-corrected chi connectivity index (χ4v) is 3.59. The summed E-state index contributed by atoms with van der Waals surface area (Å²) < 4.78 is 21.8. The molecular formula is C22H29N3O6. The molecule has 1 fully saturated rings. The van der Waals surface area contributed by atoms with Crippen molar-refractivity contribution >= 4 is 5.91 Å². The highest BCUT2D eigenvalue weighted by molar-refractivity contribution is 5.77. The lowest BCUT2D eigenvalue weighted by Gasteiger charge is -2.35. The monoisotopic (exact) mass is 431 g/mol. The van der Waals surface area contributed by atoms with Crippen LogP contribution in [0.25, 0.3) is 0 Å². The molecule has 0 saturated carbocycles. The number of rotatable bonds is 8. The maximum Gasteiger partial charge on any atom is 0.260 e. The van der Waals surface area contributed by atoms with E-state index in [1.807, 2.05) is 12.1 Å². The zero-order chi connectivity index (χ0) is 22.4. The standard InChI is InChI=1S/C22H29N3O6/c1-15-11-17(26)19(12-23-15)31-14-20(27)25-9-7-24(8-10-25)13-16-5-6-18(28-2)22(30-4)21(16)29-3/h5-6,11-12H,7-10,13-14H2,1-4H3,(H,23,26). The van der Waals surface area contributed by atoms with Gasteiger partial charge >= 0.3 is 0 Å². The smallest absolute Gasteiger partial charge is 0.260 e. The summed E-state index contributed by atoms with van der Waals surface area (Å²) in [7, 11) is 4.78. The summed E-state index contributed by atoms with van der Waals surface area (Å²) in [4.78, 5) is 31.3. The van der Waals surface area contributed by atoms with Gasteiger partial charge in [-0.05, 0) is 13.0 Å². The van der Waals surface area contributed by atoms with Crippen LogP contribution >= 0.6 is 0 Å². The lowest BCUT2D eigenvalue weighted by atomic mass is 10.1. The number of piperazine rings is 1. The molecule has 2 aromatic rings. The number of amides is 1. The van der Waals surface area contributed by atoms with Gasteiger partial charge in [0, 0.05) is 56.2 Å². The van der Waals surface area contributed by atoms with Gasteiger partial charge in [-0.1, -0.05) is 6.07 Å². The summed E-state index contributed by atoms with van der Waals surface area (Å²) in [5.41, 5.74) is 1.49. The minimum absolute atomic E-state index is 0.136. The Morgan fingerprint density at radius 1 is 1.00 bits per heavy atom. The highest BCUT2D eigenvalue weighted by atomic mass is 16.5. The Labute approximate surface area is 181 Å². The molecule has 9 heteroatoms. The number of aromatic nitrogens is 1. The first-order valence-electron chi connectivity index (χ1n) is 10.1. The first-order valence-corrected chi connectivity index (χ1v) is 10.1. The molecule has 0 spiro atoms. The fraction of sp³-hybridized carbons (Fsp3) is 0.455. The van der Waals surface area contributed by atoms with Gasteiger partial charge < -0.3 is 28.8 Å². The van der Waals surface area contributed by atoms with E-state index in [9.17, 15) is 9.59 Å². The molecule has 0 unspecified atom stereocenters. The molecule has 31 heavy (non-hydrogen) atoms. The number of nitrogens with one attached hydrogen (secondary N) is 1. The van der Waals surface area contributed by atoms with Crippen molar-refractivity contribution in [2.24, 2.45) is 0 Å². The van der Waals surface area contributed by atoms with Gasteiger partial charge in [-0.15, -0.1) is 0 Å². The van der Waals surface area contributed by atoms with Crippen molar-refractivity contribution in [3.05, 3.63) is 45.9 Å². The molecule has 1 N–H and O–H groups in total. The lowest BCUT2D eigenvalue weighted by molar-refractivity contribution is -0.135. The average molecular weight is 431 g/mol. The van der Waals surface area contributed by atoms with E-state index >= 15 is 0 Å². The summed E-state index contributed by atoms with van der Waals surface area (Å²) in [6, 6.07) is 5.27. The van der Waals surface area contributed by atoms with Crippen molar-refractivity contribution in [2.45, 2.75) is 13.5 Å². The molecule has 1 aromatic carbocycles. The van der Waals surface area contributed by atoms with Crippen LogP contribution in [0.15, 0.2) is 29.2 Å². The second-order valence-electron chi connectivity index (χ2n) is 7.28. The molecule has 3 rings (SSSR count). The van der Waals surface area contributed by atoms with Gasteiger partial charge in [0.2, 0.25) is 11.2 Å². The fourth-order valence-electron chi connectivity index (χ4n) is 3.59. The minimum Gasteiger partial charge on any atom is -0.493 e. The summed E-state index contributed by atoms with van der Waals surface area (Å²) >= 11 is 0. The van der Waals surface area contributed by atoms with Crippen molar-refractivity contribution in [3.63, 3.8) is 0 Å². The number of pyridine rings is 1. The summed E-state index contributed by atoms with van der Waals surface area (Å²) in [6.45, 7) is 4.90. The SMILES string of the molecule is COc1ccc(CN2CCN(C(=O)COc3c[nH]c(C)cc3=O)CC2)c(OC)c1OC. The van der Waals surface area contributed by atoms with Crippen molar-refractivity contribution in [3.8, 4) is 23.0 Å². The molecule has 2 heterocycles. The van der Waals surface area contributed by atoms with E-state index in [4.69, 9.17) is 18.9 Å².